The summed E-state index contributed by atoms with van der Waals surface area (Å²) in [5.74, 6) is -0.302. The molecule has 0 bridgehead atoms. The Hall–Kier alpha value is -2.63. The molecule has 11 heteroatoms. The molecule has 2 aromatic rings. The number of alkyl halides is 3. The maximum absolute atomic E-state index is 12.8. The van der Waals surface area contributed by atoms with Crippen molar-refractivity contribution in [2.45, 2.75) is 38.1 Å². The number of hydrogen-bond donors (Lipinski definition) is 1. The van der Waals surface area contributed by atoms with Crippen molar-refractivity contribution in [2.24, 2.45) is 0 Å². The molecule has 1 N–H and O–H groups in total. The highest BCUT2D eigenvalue weighted by Crippen LogP contribution is 2.25. The molecule has 0 aliphatic heterocycles. The number of nitrogens with one attached hydrogen (secondary N) is 1. The summed E-state index contributed by atoms with van der Waals surface area (Å²) in [4.78, 5) is 12.7. The molecule has 0 heterocycles. The summed E-state index contributed by atoms with van der Waals surface area (Å²) in [5, 5.41) is 2.70. The zero-order chi connectivity index (χ0) is 24.6. The smallest absolute Gasteiger partial charge is 0.411 e. The molecule has 0 unspecified atom stereocenters. The van der Waals surface area contributed by atoms with Gasteiger partial charge >= 0.3 is 6.18 Å². The molecule has 2 rings (SSSR count). The average molecular weight is 489 g/mol. The van der Waals surface area contributed by atoms with E-state index < -0.39 is 28.7 Å². The van der Waals surface area contributed by atoms with Crippen molar-refractivity contribution < 1.29 is 35.9 Å². The van der Waals surface area contributed by atoms with Crippen LogP contribution in [0.1, 0.15) is 35.3 Å². The fourth-order valence-corrected chi connectivity index (χ4v) is 4.54. The maximum atomic E-state index is 12.8. The fraction of sp³-hybridized carbons (Fsp3) is 0.409. The summed E-state index contributed by atoms with van der Waals surface area (Å²) in [5.41, 5.74) is 1.34. The van der Waals surface area contributed by atoms with Crippen LogP contribution in [0.2, 0.25) is 0 Å². The molecule has 0 atom stereocenters. The fourth-order valence-electron chi connectivity index (χ4n) is 3.05. The van der Waals surface area contributed by atoms with Gasteiger partial charge in [0.2, 0.25) is 10.0 Å². The molecule has 0 aromatic heterocycles. The van der Waals surface area contributed by atoms with Gasteiger partial charge in [-0.1, -0.05) is 38.1 Å². The minimum Gasteiger partial charge on any atom is -0.496 e. The number of benzene rings is 2. The van der Waals surface area contributed by atoms with Crippen LogP contribution >= 0.6 is 0 Å². The van der Waals surface area contributed by atoms with Crippen molar-refractivity contribution in [3.63, 3.8) is 0 Å². The molecule has 0 fully saturated rings. The number of rotatable bonds is 11. The van der Waals surface area contributed by atoms with Crippen molar-refractivity contribution in [3.05, 3.63) is 59.2 Å². The number of methoxy groups -OCH3 is 1. The molecule has 7 nitrogen and oxygen atoms in total. The lowest BCUT2D eigenvalue weighted by atomic mass is 10.1. The zero-order valence-corrected chi connectivity index (χ0v) is 19.4. The normalized spacial score (nSPS) is 12.1. The van der Waals surface area contributed by atoms with Gasteiger partial charge in [-0.25, -0.2) is 8.42 Å². The number of carbonyl (C=O) groups excluding carboxylic acids is 1. The van der Waals surface area contributed by atoms with E-state index in [1.54, 1.807) is 38.1 Å². The molecule has 182 valence electrons. The molecule has 0 aliphatic carbocycles. The van der Waals surface area contributed by atoms with Crippen molar-refractivity contribution in [1.29, 1.82) is 0 Å². The van der Waals surface area contributed by atoms with Gasteiger partial charge in [-0.15, -0.1) is 0 Å². The van der Waals surface area contributed by atoms with E-state index in [-0.39, 0.29) is 29.4 Å². The lowest BCUT2D eigenvalue weighted by Gasteiger charge is -2.19. The molecule has 0 saturated carbocycles. The number of amides is 1. The number of hydrogen-bond acceptors (Lipinski definition) is 5. The van der Waals surface area contributed by atoms with Gasteiger partial charge in [0.15, 0.2) is 0 Å². The van der Waals surface area contributed by atoms with Crippen LogP contribution in [0.5, 0.6) is 5.75 Å². The van der Waals surface area contributed by atoms with Crippen LogP contribution in [0.25, 0.3) is 0 Å². The summed E-state index contributed by atoms with van der Waals surface area (Å²) in [6.45, 7) is 2.66. The van der Waals surface area contributed by atoms with Crippen LogP contribution in [0.3, 0.4) is 0 Å². The molecular weight excluding hydrogens is 461 g/mol. The predicted molar refractivity (Wildman–Crippen MR) is 116 cm³/mol. The van der Waals surface area contributed by atoms with E-state index in [9.17, 15) is 26.4 Å². The first kappa shape index (κ1) is 26.6. The Morgan fingerprint density at radius 2 is 1.64 bits per heavy atom. The minimum absolute atomic E-state index is 0.0136. The molecule has 0 aliphatic rings. The molecule has 2 aromatic carbocycles. The van der Waals surface area contributed by atoms with E-state index >= 15 is 0 Å². The van der Waals surface area contributed by atoms with Crippen molar-refractivity contribution in [3.8, 4) is 5.75 Å². The lowest BCUT2D eigenvalue weighted by Crippen LogP contribution is -2.31. The molecule has 0 saturated heterocycles. The number of nitrogens with zero attached hydrogens (tertiary/aromatic N) is 1. The number of carbonyl (C=O) groups is 1. The summed E-state index contributed by atoms with van der Waals surface area (Å²) in [7, 11) is -2.38. The quantitative estimate of drug-likeness (QED) is 0.521. The largest absolute Gasteiger partial charge is 0.496 e. The SMILES string of the molecule is CCN(CC)S(=O)(=O)c1ccc(OC)c(C(=O)NCc2ccc(COCC(F)(F)F)cc2)c1. The molecule has 1 amide bonds. The number of sulfonamides is 1. The van der Waals surface area contributed by atoms with Crippen molar-refractivity contribution in [1.82, 2.24) is 9.62 Å². The van der Waals surface area contributed by atoms with E-state index in [0.717, 1.165) is 0 Å². The van der Waals surface area contributed by atoms with E-state index in [0.29, 0.717) is 24.2 Å². The maximum Gasteiger partial charge on any atom is 0.411 e. The Labute approximate surface area is 191 Å². The van der Waals surface area contributed by atoms with Crippen molar-refractivity contribution in [2.75, 3.05) is 26.8 Å². The van der Waals surface area contributed by atoms with E-state index in [1.807, 2.05) is 0 Å². The summed E-state index contributed by atoms with van der Waals surface area (Å²) < 4.78 is 73.1. The van der Waals surface area contributed by atoms with Crippen LogP contribution in [-0.4, -0.2) is 51.6 Å². The second-order valence-corrected chi connectivity index (χ2v) is 9.00. The average Bonchev–Trinajstić information content (AvgIpc) is 2.77. The molecule has 0 radical (unpaired) electrons. The predicted octanol–water partition coefficient (Wildman–Crippen LogP) is 3.73. The van der Waals surface area contributed by atoms with Crippen LogP contribution in [0.15, 0.2) is 47.4 Å². The first-order chi connectivity index (χ1) is 15.5. The van der Waals surface area contributed by atoms with Crippen molar-refractivity contribution >= 4 is 15.9 Å². The number of halogens is 3. The van der Waals surface area contributed by atoms with E-state index in [2.05, 4.69) is 10.1 Å². The minimum atomic E-state index is -4.38. The molecular formula is C22H27F3N2O5S. The van der Waals surface area contributed by atoms with Crippen LogP contribution in [0, 0.1) is 0 Å². The third-order valence-electron chi connectivity index (χ3n) is 4.77. The van der Waals surface area contributed by atoms with Gasteiger partial charge < -0.3 is 14.8 Å². The first-order valence-electron chi connectivity index (χ1n) is 10.2. The molecule has 33 heavy (non-hydrogen) atoms. The standard InChI is InChI=1S/C22H27F3N2O5S/c1-4-27(5-2)33(29,30)18-10-11-20(31-3)19(12-18)21(28)26-13-16-6-8-17(9-7-16)14-32-15-22(23,24)25/h6-12H,4-5,13-15H2,1-3H3,(H,26,28). The van der Waals surface area contributed by atoms with Crippen LogP contribution in [0.4, 0.5) is 13.2 Å². The Morgan fingerprint density at radius 1 is 1.03 bits per heavy atom. The summed E-state index contributed by atoms with van der Waals surface area (Å²) in [6.07, 6.45) is -4.38. The first-order valence-corrected chi connectivity index (χ1v) is 11.6. The second kappa shape index (κ2) is 11.5. The van der Waals surface area contributed by atoms with E-state index in [1.165, 1.54) is 29.6 Å². The number of ether oxygens (including phenoxy) is 2. The van der Waals surface area contributed by atoms with Gasteiger partial charge in [0, 0.05) is 19.6 Å². The highest BCUT2D eigenvalue weighted by Gasteiger charge is 2.27. The van der Waals surface area contributed by atoms with Gasteiger partial charge in [0.1, 0.15) is 12.4 Å². The highest BCUT2D eigenvalue weighted by molar-refractivity contribution is 7.89. The van der Waals surface area contributed by atoms with Gasteiger partial charge in [0.25, 0.3) is 5.91 Å². The van der Waals surface area contributed by atoms with Gasteiger partial charge in [0.05, 0.1) is 24.2 Å². The monoisotopic (exact) mass is 488 g/mol. The third-order valence-corrected chi connectivity index (χ3v) is 6.82. The third kappa shape index (κ3) is 7.44. The van der Waals surface area contributed by atoms with Gasteiger partial charge in [-0.2, -0.15) is 17.5 Å². The Bertz CT molecular complexity index is 1040. The molecule has 0 spiro atoms. The highest BCUT2D eigenvalue weighted by atomic mass is 32.2. The lowest BCUT2D eigenvalue weighted by molar-refractivity contribution is -0.176. The Kier molecular flexibility index (Phi) is 9.26. The van der Waals surface area contributed by atoms with Gasteiger partial charge in [-0.3, -0.25) is 4.79 Å². The van der Waals surface area contributed by atoms with E-state index in [4.69, 9.17) is 4.74 Å². The Morgan fingerprint density at radius 3 is 2.18 bits per heavy atom. The topological polar surface area (TPSA) is 84.9 Å². The van der Waals surface area contributed by atoms with Gasteiger partial charge in [-0.05, 0) is 29.3 Å². The summed E-state index contributed by atoms with van der Waals surface area (Å²) >= 11 is 0. The summed E-state index contributed by atoms with van der Waals surface area (Å²) in [6, 6.07) is 10.6. The van der Waals surface area contributed by atoms with Crippen LogP contribution in [-0.2, 0) is 27.9 Å². The Balaban J connectivity index is 2.09. The van der Waals surface area contributed by atoms with Crippen LogP contribution < -0.4 is 10.1 Å². The zero-order valence-electron chi connectivity index (χ0n) is 18.6. The second-order valence-electron chi connectivity index (χ2n) is 7.06.